The maximum absolute atomic E-state index is 13.7. The van der Waals surface area contributed by atoms with E-state index in [1.54, 1.807) is 12.1 Å². The summed E-state index contributed by atoms with van der Waals surface area (Å²) in [6.07, 6.45) is 6.08. The molecule has 0 bridgehead atoms. The monoisotopic (exact) mass is 251 g/mol. The summed E-state index contributed by atoms with van der Waals surface area (Å²) in [4.78, 5) is 0. The van der Waals surface area contributed by atoms with Gasteiger partial charge in [-0.25, -0.2) is 8.78 Å². The fraction of sp³-hybridized carbons (Fsp3) is 0.467. The first-order valence-corrected chi connectivity index (χ1v) is 6.57. The van der Waals surface area contributed by atoms with E-state index in [1.807, 2.05) is 6.92 Å². The van der Waals surface area contributed by atoms with E-state index in [1.165, 1.54) is 12.0 Å². The van der Waals surface area contributed by atoms with E-state index in [4.69, 9.17) is 0 Å². The smallest absolute Gasteiger partial charge is 0.162 e. The van der Waals surface area contributed by atoms with Crippen LogP contribution < -0.4 is 5.32 Å². The maximum atomic E-state index is 13.7. The van der Waals surface area contributed by atoms with E-state index in [0.29, 0.717) is 12.0 Å². The molecular weight excluding hydrogens is 232 g/mol. The second kappa shape index (κ2) is 6.10. The van der Waals surface area contributed by atoms with Crippen molar-refractivity contribution in [2.75, 3.05) is 6.54 Å². The van der Waals surface area contributed by atoms with Crippen molar-refractivity contribution in [3.63, 3.8) is 0 Å². The minimum atomic E-state index is -0.761. The van der Waals surface area contributed by atoms with Crippen LogP contribution in [0.1, 0.15) is 31.7 Å². The Hall–Kier alpha value is -1.22. The number of rotatable bonds is 5. The predicted octanol–water partition coefficient (Wildman–Crippen LogP) is 3.60. The van der Waals surface area contributed by atoms with Crippen molar-refractivity contribution in [2.24, 2.45) is 0 Å². The lowest BCUT2D eigenvalue weighted by Gasteiger charge is -2.20. The lowest BCUT2D eigenvalue weighted by atomic mass is 9.98. The van der Waals surface area contributed by atoms with Crippen molar-refractivity contribution in [3.05, 3.63) is 47.0 Å². The zero-order chi connectivity index (χ0) is 13.0. The Morgan fingerprint density at radius 1 is 1.33 bits per heavy atom. The molecule has 0 fully saturated rings. The highest BCUT2D eigenvalue weighted by Crippen LogP contribution is 2.24. The van der Waals surface area contributed by atoms with Crippen molar-refractivity contribution >= 4 is 0 Å². The summed E-state index contributed by atoms with van der Waals surface area (Å²) in [6.45, 7) is 2.86. The van der Waals surface area contributed by atoms with E-state index >= 15 is 0 Å². The summed E-state index contributed by atoms with van der Waals surface area (Å²) >= 11 is 0. The van der Waals surface area contributed by atoms with Gasteiger partial charge in [0.2, 0.25) is 0 Å². The normalized spacial score (nSPS) is 16.7. The van der Waals surface area contributed by atoms with Gasteiger partial charge in [-0.1, -0.05) is 30.7 Å². The molecule has 1 aliphatic rings. The number of allylic oxidation sites excluding steroid dienone is 1. The van der Waals surface area contributed by atoms with Crippen molar-refractivity contribution in [1.29, 1.82) is 0 Å². The van der Waals surface area contributed by atoms with Crippen molar-refractivity contribution in [1.82, 2.24) is 5.32 Å². The van der Waals surface area contributed by atoms with Gasteiger partial charge in [0.15, 0.2) is 11.6 Å². The van der Waals surface area contributed by atoms with Gasteiger partial charge in [-0.05, 0) is 43.9 Å². The Bertz CT molecular complexity index is 440. The van der Waals surface area contributed by atoms with Gasteiger partial charge in [0.05, 0.1) is 0 Å². The summed E-state index contributed by atoms with van der Waals surface area (Å²) in [6, 6.07) is 4.53. The van der Waals surface area contributed by atoms with E-state index in [9.17, 15) is 8.78 Å². The average molecular weight is 251 g/mol. The van der Waals surface area contributed by atoms with Crippen LogP contribution in [-0.2, 0) is 6.42 Å². The fourth-order valence-corrected chi connectivity index (χ4v) is 2.52. The fourth-order valence-electron chi connectivity index (χ4n) is 2.52. The molecule has 98 valence electrons. The van der Waals surface area contributed by atoms with Gasteiger partial charge < -0.3 is 5.32 Å². The van der Waals surface area contributed by atoms with Crippen molar-refractivity contribution in [2.45, 2.75) is 38.6 Å². The Morgan fingerprint density at radius 2 is 2.17 bits per heavy atom. The molecular formula is C15H19F2N. The van der Waals surface area contributed by atoms with Gasteiger partial charge >= 0.3 is 0 Å². The second-order valence-corrected chi connectivity index (χ2v) is 4.70. The predicted molar refractivity (Wildman–Crippen MR) is 69.5 cm³/mol. The largest absolute Gasteiger partial charge is 0.310 e. The van der Waals surface area contributed by atoms with Crippen molar-refractivity contribution in [3.8, 4) is 0 Å². The molecule has 1 nitrogen and oxygen atoms in total. The van der Waals surface area contributed by atoms with Gasteiger partial charge in [-0.2, -0.15) is 0 Å². The molecule has 0 saturated carbocycles. The molecule has 0 heterocycles. The molecule has 3 heteroatoms. The first-order valence-electron chi connectivity index (χ1n) is 6.57. The van der Waals surface area contributed by atoms with Gasteiger partial charge in [-0.15, -0.1) is 0 Å². The quantitative estimate of drug-likeness (QED) is 0.788. The third-order valence-corrected chi connectivity index (χ3v) is 3.43. The lowest BCUT2D eigenvalue weighted by molar-refractivity contribution is 0.487. The zero-order valence-electron chi connectivity index (χ0n) is 10.7. The number of halogens is 2. The van der Waals surface area contributed by atoms with Crippen LogP contribution in [0.4, 0.5) is 8.78 Å². The molecule has 0 aromatic heterocycles. The van der Waals surface area contributed by atoms with Gasteiger partial charge in [0.1, 0.15) is 0 Å². The topological polar surface area (TPSA) is 12.0 Å². The van der Waals surface area contributed by atoms with Crippen LogP contribution in [0.5, 0.6) is 0 Å². The highest BCUT2D eigenvalue weighted by Gasteiger charge is 2.19. The molecule has 0 amide bonds. The molecule has 1 aromatic rings. The van der Waals surface area contributed by atoms with Crippen molar-refractivity contribution < 1.29 is 8.78 Å². The number of nitrogens with one attached hydrogen (secondary N) is 1. The minimum Gasteiger partial charge on any atom is -0.310 e. The highest BCUT2D eigenvalue weighted by atomic mass is 19.2. The molecule has 0 radical (unpaired) electrons. The molecule has 2 rings (SSSR count). The Labute approximate surface area is 107 Å². The summed E-state index contributed by atoms with van der Waals surface area (Å²) in [7, 11) is 0. The van der Waals surface area contributed by atoms with E-state index in [0.717, 1.165) is 25.5 Å². The standard InChI is InChI=1S/C15H19F2N/c1-2-18-14(11-6-3-4-7-11)10-12-8-5-9-13(16)15(12)17/h5-6,8-9,14,18H,2-4,7,10H2,1H3. The summed E-state index contributed by atoms with van der Waals surface area (Å²) < 4.78 is 26.8. The van der Waals surface area contributed by atoms with Crippen LogP contribution in [0.15, 0.2) is 29.8 Å². The summed E-state index contributed by atoms with van der Waals surface area (Å²) in [5.74, 6) is -1.47. The SMILES string of the molecule is CCNC(Cc1cccc(F)c1F)C1=CCCC1. The molecule has 0 aliphatic heterocycles. The highest BCUT2D eigenvalue weighted by molar-refractivity contribution is 5.24. The lowest BCUT2D eigenvalue weighted by Crippen LogP contribution is -2.32. The maximum Gasteiger partial charge on any atom is 0.162 e. The van der Waals surface area contributed by atoms with Crippen LogP contribution >= 0.6 is 0 Å². The minimum absolute atomic E-state index is 0.133. The van der Waals surface area contributed by atoms with E-state index in [-0.39, 0.29) is 6.04 Å². The number of hydrogen-bond acceptors (Lipinski definition) is 1. The van der Waals surface area contributed by atoms with Gasteiger partial charge in [0.25, 0.3) is 0 Å². The van der Waals surface area contributed by atoms with Crippen LogP contribution in [-0.4, -0.2) is 12.6 Å². The Morgan fingerprint density at radius 3 is 2.83 bits per heavy atom. The summed E-state index contributed by atoms with van der Waals surface area (Å²) in [5.41, 5.74) is 1.79. The summed E-state index contributed by atoms with van der Waals surface area (Å²) in [5, 5.41) is 3.36. The van der Waals surface area contributed by atoms with Crippen LogP contribution in [0, 0.1) is 11.6 Å². The van der Waals surface area contributed by atoms with E-state index in [2.05, 4.69) is 11.4 Å². The van der Waals surface area contributed by atoms with E-state index < -0.39 is 11.6 Å². The molecule has 1 aromatic carbocycles. The molecule has 1 N–H and O–H groups in total. The average Bonchev–Trinajstić information content (AvgIpc) is 2.88. The van der Waals surface area contributed by atoms with Gasteiger partial charge in [0, 0.05) is 6.04 Å². The molecule has 0 spiro atoms. The third-order valence-electron chi connectivity index (χ3n) is 3.43. The molecule has 0 saturated heterocycles. The Balaban J connectivity index is 2.15. The zero-order valence-corrected chi connectivity index (χ0v) is 10.7. The number of benzene rings is 1. The van der Waals surface area contributed by atoms with Crippen LogP contribution in [0.3, 0.4) is 0 Å². The first-order chi connectivity index (χ1) is 8.72. The second-order valence-electron chi connectivity index (χ2n) is 4.70. The molecule has 1 aliphatic carbocycles. The van der Waals surface area contributed by atoms with Gasteiger partial charge in [-0.3, -0.25) is 0 Å². The first kappa shape index (κ1) is 13.2. The molecule has 1 atom stereocenters. The molecule has 18 heavy (non-hydrogen) atoms. The number of hydrogen-bond donors (Lipinski definition) is 1. The third kappa shape index (κ3) is 2.96. The van der Waals surface area contributed by atoms with Crippen LogP contribution in [0.2, 0.25) is 0 Å². The number of likely N-dealkylation sites (N-methyl/N-ethyl adjacent to an activating group) is 1. The molecule has 1 unspecified atom stereocenters. The van der Waals surface area contributed by atoms with Crippen LogP contribution in [0.25, 0.3) is 0 Å². The Kier molecular flexibility index (Phi) is 4.48.